The third-order valence-electron chi connectivity index (χ3n) is 22.0. The minimum Gasteiger partial charge on any atom is -0.458 e. The van der Waals surface area contributed by atoms with Gasteiger partial charge in [0.15, 0.2) is 0 Å². The highest BCUT2D eigenvalue weighted by Crippen LogP contribution is 2.56. The SMILES string of the molecule is c1ccc(-c2cccc(-c3ccccc3)c2N2c3cc4c(cc3B3c5ccccc5N(c5cccc6sc7ccccc7c56)c5cc(N(c6ccccc6)c6ccccc6)cc2c53)B2c3ccccc3Oc3cc(N(c5ccccc5)c5cccc6sc7ccccc7c56)cc(c32)N4c2ccccc2)cc1. The zero-order valence-electron chi connectivity index (χ0n) is 57.3. The molecule has 2 aromatic heterocycles. The fourth-order valence-corrected chi connectivity index (χ4v) is 19.9. The molecule has 0 saturated heterocycles. The van der Waals surface area contributed by atoms with Crippen molar-refractivity contribution in [1.29, 1.82) is 0 Å². The first-order valence-corrected chi connectivity index (χ1v) is 37.9. The summed E-state index contributed by atoms with van der Waals surface area (Å²) in [7, 11) is 0. The van der Waals surface area contributed by atoms with E-state index in [1.807, 2.05) is 22.7 Å². The Morgan fingerprint density at radius 1 is 0.264 bits per heavy atom. The van der Waals surface area contributed by atoms with Gasteiger partial charge < -0.3 is 29.2 Å². The highest BCUT2D eigenvalue weighted by atomic mass is 32.1. The predicted molar refractivity (Wildman–Crippen MR) is 452 cm³/mol. The van der Waals surface area contributed by atoms with Crippen molar-refractivity contribution >= 4 is 195 Å². The van der Waals surface area contributed by atoms with Crippen LogP contribution < -0.4 is 62.0 Å². The monoisotopic (exact) mass is 1390 g/mol. The number of anilines is 15. The van der Waals surface area contributed by atoms with Gasteiger partial charge in [-0.3, -0.25) is 0 Å². The molecule has 0 spiro atoms. The van der Waals surface area contributed by atoms with Crippen LogP contribution in [0.25, 0.3) is 62.6 Å². The Morgan fingerprint density at radius 2 is 0.717 bits per heavy atom. The van der Waals surface area contributed by atoms with Crippen LogP contribution >= 0.6 is 22.7 Å². The van der Waals surface area contributed by atoms with Crippen LogP contribution in [-0.4, -0.2) is 13.4 Å². The molecular formula is C96H61B2N5OS2. The summed E-state index contributed by atoms with van der Waals surface area (Å²) in [6.45, 7) is -0.525. The van der Waals surface area contributed by atoms with E-state index in [9.17, 15) is 0 Å². The molecular weight excluding hydrogens is 1320 g/mol. The first-order valence-electron chi connectivity index (χ1n) is 36.3. The van der Waals surface area contributed by atoms with Crippen molar-refractivity contribution in [2.75, 3.05) is 24.5 Å². The summed E-state index contributed by atoms with van der Waals surface area (Å²) in [5, 5.41) is 4.94. The Morgan fingerprint density at radius 3 is 1.36 bits per heavy atom. The number of thiophene rings is 2. The lowest BCUT2D eigenvalue weighted by Gasteiger charge is -2.47. The molecule has 10 heteroatoms. The van der Waals surface area contributed by atoms with Gasteiger partial charge in [-0.05, 0) is 165 Å². The third-order valence-corrected chi connectivity index (χ3v) is 24.3. The van der Waals surface area contributed by atoms with Gasteiger partial charge in [0.05, 0.1) is 28.4 Å². The largest absolute Gasteiger partial charge is 0.458 e. The van der Waals surface area contributed by atoms with Gasteiger partial charge in [0.25, 0.3) is 13.4 Å². The zero-order chi connectivity index (χ0) is 69.5. The van der Waals surface area contributed by atoms with Crippen molar-refractivity contribution in [1.82, 2.24) is 0 Å². The second-order valence-electron chi connectivity index (χ2n) is 27.8. The van der Waals surface area contributed by atoms with Crippen molar-refractivity contribution < 1.29 is 4.74 Å². The van der Waals surface area contributed by atoms with Crippen molar-refractivity contribution in [3.8, 4) is 33.8 Å². The molecule has 0 aliphatic carbocycles. The third kappa shape index (κ3) is 9.31. The molecule has 0 unspecified atom stereocenters. The number of benzene rings is 16. The van der Waals surface area contributed by atoms with E-state index in [2.05, 4.69) is 395 Å². The first kappa shape index (κ1) is 60.5. The Hall–Kier alpha value is -13.1. The van der Waals surface area contributed by atoms with E-state index < -0.39 is 0 Å². The number of rotatable bonds is 11. The molecule has 22 rings (SSSR count). The lowest BCUT2D eigenvalue weighted by Crippen LogP contribution is -2.64. The van der Waals surface area contributed by atoms with Crippen LogP contribution in [-0.2, 0) is 0 Å². The Kier molecular flexibility index (Phi) is 13.8. The highest BCUT2D eigenvalue weighted by Gasteiger charge is 2.49. The van der Waals surface area contributed by atoms with Gasteiger partial charge in [-0.15, -0.1) is 22.7 Å². The average Bonchev–Trinajstić information content (AvgIpc) is 0.716. The lowest BCUT2D eigenvalue weighted by atomic mass is 9.30. The number of para-hydroxylation sites is 7. The fraction of sp³-hybridized carbons (Fsp3) is 0. The van der Waals surface area contributed by atoms with E-state index >= 15 is 0 Å². The maximum absolute atomic E-state index is 7.52. The zero-order valence-corrected chi connectivity index (χ0v) is 59.0. The summed E-state index contributed by atoms with van der Waals surface area (Å²) in [6, 6.07) is 137. The minimum atomic E-state index is -0.272. The standard InChI is InChI=1S/C96H61B2N5OS2/c1-7-30-62(31-8-1)70-44-27-45-71(63-32-9-2-10-33-63)96(70)103-82-61-81-76(98-75-47-22-24-51-86(75)104-87-59-69(58-85(95(87)98)101(81)67-40-17-6-18-41-67)100(66-38-15-5-16-39-66)79-49-28-54-90-92(79)72-42-19-25-52-88(72)105-90)60-77(82)97-74-46-21-23-48-78(74)102(80-50-29-55-91-93(80)73-43-20-26-53-89(73)106-91)83-56-68(57-84(103)94(83)97)99(64-34-11-3-12-35-64)65-36-13-4-14-37-65/h1-61H. The van der Waals surface area contributed by atoms with Gasteiger partial charge in [-0.25, -0.2) is 0 Å². The van der Waals surface area contributed by atoms with Crippen LogP contribution in [0.5, 0.6) is 11.5 Å². The number of hydrogen-bond donors (Lipinski definition) is 0. The molecule has 0 N–H and O–H groups in total. The van der Waals surface area contributed by atoms with Gasteiger partial charge >= 0.3 is 0 Å². The molecule has 106 heavy (non-hydrogen) atoms. The number of hydrogen-bond acceptors (Lipinski definition) is 8. The van der Waals surface area contributed by atoms with E-state index in [4.69, 9.17) is 4.74 Å². The summed E-state index contributed by atoms with van der Waals surface area (Å²) in [5.74, 6) is 1.67. The maximum Gasteiger partial charge on any atom is 0.256 e. The van der Waals surface area contributed by atoms with Crippen molar-refractivity contribution in [3.05, 3.63) is 370 Å². The quantitative estimate of drug-likeness (QED) is 0.120. The minimum absolute atomic E-state index is 0.253. The van der Waals surface area contributed by atoms with Crippen LogP contribution in [0, 0.1) is 0 Å². The summed E-state index contributed by atoms with van der Waals surface area (Å²) in [6.07, 6.45) is 0. The van der Waals surface area contributed by atoms with Crippen LogP contribution in [0.4, 0.5) is 85.3 Å². The van der Waals surface area contributed by atoms with Crippen LogP contribution in [0.15, 0.2) is 370 Å². The number of fused-ring (bicyclic) bond motifs is 14. The summed E-state index contributed by atoms with van der Waals surface area (Å²) in [5.41, 5.74) is 27.6. The predicted octanol–water partition coefficient (Wildman–Crippen LogP) is 23.2. The van der Waals surface area contributed by atoms with Gasteiger partial charge in [-0.1, -0.05) is 243 Å². The Balaban J connectivity index is 0.889. The molecule has 0 fully saturated rings. The molecule has 6 nitrogen and oxygen atoms in total. The van der Waals surface area contributed by atoms with Crippen molar-refractivity contribution in [3.63, 3.8) is 0 Å². The number of ether oxygens (including phenoxy) is 1. The molecule has 6 heterocycles. The normalized spacial score (nSPS) is 12.9. The first-order chi connectivity index (χ1) is 52.6. The molecule has 4 aliphatic heterocycles. The summed E-state index contributed by atoms with van der Waals surface area (Å²) in [4.78, 5) is 12.8. The molecule has 0 radical (unpaired) electrons. The smallest absolute Gasteiger partial charge is 0.256 e. The second kappa shape index (κ2) is 24.3. The molecule has 0 amide bonds. The van der Waals surface area contributed by atoms with Gasteiger partial charge in [0.1, 0.15) is 11.5 Å². The Bertz CT molecular complexity index is 6460. The number of nitrogens with zero attached hydrogens (tertiary/aromatic N) is 5. The topological polar surface area (TPSA) is 25.4 Å². The lowest BCUT2D eigenvalue weighted by molar-refractivity contribution is 0.487. The van der Waals surface area contributed by atoms with Crippen LogP contribution in [0.1, 0.15) is 0 Å². The van der Waals surface area contributed by atoms with Crippen molar-refractivity contribution in [2.24, 2.45) is 0 Å². The van der Waals surface area contributed by atoms with E-state index in [0.717, 1.165) is 130 Å². The molecule has 0 saturated carbocycles. The maximum atomic E-state index is 7.52. The fourth-order valence-electron chi connectivity index (χ4n) is 17.7. The van der Waals surface area contributed by atoms with E-state index in [1.165, 1.54) is 62.2 Å². The molecule has 16 aromatic carbocycles. The average molecular weight is 1390 g/mol. The molecule has 0 bridgehead atoms. The van der Waals surface area contributed by atoms with Crippen molar-refractivity contribution in [2.45, 2.75) is 0 Å². The van der Waals surface area contributed by atoms with Gasteiger partial charge in [-0.2, -0.15) is 0 Å². The summed E-state index contributed by atoms with van der Waals surface area (Å²) >= 11 is 3.71. The van der Waals surface area contributed by atoms with Crippen LogP contribution in [0.3, 0.4) is 0 Å². The highest BCUT2D eigenvalue weighted by molar-refractivity contribution is 7.26. The van der Waals surface area contributed by atoms with E-state index in [0.29, 0.717) is 0 Å². The van der Waals surface area contributed by atoms with E-state index in [1.54, 1.807) is 0 Å². The molecule has 0 atom stereocenters. The Labute approximate surface area is 623 Å². The molecule has 494 valence electrons. The molecule has 18 aromatic rings. The van der Waals surface area contributed by atoms with Gasteiger partial charge in [0.2, 0.25) is 0 Å². The summed E-state index contributed by atoms with van der Waals surface area (Å²) < 4.78 is 12.5. The van der Waals surface area contributed by atoms with Crippen LogP contribution in [0.2, 0.25) is 0 Å². The van der Waals surface area contributed by atoms with E-state index in [-0.39, 0.29) is 13.4 Å². The second-order valence-corrected chi connectivity index (χ2v) is 29.9. The molecule has 4 aliphatic rings. The van der Waals surface area contributed by atoms with Gasteiger partial charge in [0, 0.05) is 114 Å².